The summed E-state index contributed by atoms with van der Waals surface area (Å²) in [4.78, 5) is 24.1. The molecular weight excluding hydrogens is 326 g/mol. The second kappa shape index (κ2) is 6.29. The van der Waals surface area contributed by atoms with Crippen LogP contribution in [-0.2, 0) is 14.6 Å². The predicted molar refractivity (Wildman–Crippen MR) is 83.2 cm³/mol. The van der Waals surface area contributed by atoms with Gasteiger partial charge in [0.1, 0.15) is 4.88 Å². The van der Waals surface area contributed by atoms with Crippen LogP contribution in [0.5, 0.6) is 0 Å². The Bertz CT molecular complexity index is 823. The van der Waals surface area contributed by atoms with E-state index >= 15 is 0 Å². The monoisotopic (exact) mass is 339 g/mol. The molecule has 1 aromatic carbocycles. The molecule has 0 unspecified atom stereocenters. The predicted octanol–water partition coefficient (Wildman–Crippen LogP) is 2.19. The minimum atomic E-state index is -3.40. The molecule has 116 valence electrons. The molecule has 1 heterocycles. The standard InChI is InChI=1S/C14H13NO5S2/c1-20-14(17)12-11(6-7-21-12)15-13(16)9-4-3-5-10(8-9)22(2,18)19/h3-8H,1-2H3,(H,15,16). The highest BCUT2D eigenvalue weighted by molar-refractivity contribution is 7.90. The molecule has 0 radical (unpaired) electrons. The summed E-state index contributed by atoms with van der Waals surface area (Å²) in [7, 11) is -2.15. The maximum absolute atomic E-state index is 12.2. The van der Waals surface area contributed by atoms with Gasteiger partial charge in [-0.1, -0.05) is 6.07 Å². The quantitative estimate of drug-likeness (QED) is 0.863. The second-order valence-electron chi connectivity index (χ2n) is 4.41. The molecule has 0 saturated heterocycles. The molecule has 0 spiro atoms. The van der Waals surface area contributed by atoms with E-state index in [9.17, 15) is 18.0 Å². The Morgan fingerprint density at radius 1 is 1.23 bits per heavy atom. The lowest BCUT2D eigenvalue weighted by atomic mass is 10.2. The van der Waals surface area contributed by atoms with E-state index in [0.29, 0.717) is 5.69 Å². The van der Waals surface area contributed by atoms with Gasteiger partial charge in [0.05, 0.1) is 17.7 Å². The molecule has 0 aliphatic carbocycles. The number of carbonyl (C=O) groups is 2. The fourth-order valence-corrected chi connectivity index (χ4v) is 3.15. The van der Waals surface area contributed by atoms with Gasteiger partial charge in [-0.15, -0.1) is 11.3 Å². The molecule has 8 heteroatoms. The van der Waals surface area contributed by atoms with E-state index in [4.69, 9.17) is 0 Å². The van der Waals surface area contributed by atoms with Gasteiger partial charge in [0.15, 0.2) is 9.84 Å². The first-order valence-corrected chi connectivity index (χ1v) is 8.87. The van der Waals surface area contributed by atoms with E-state index < -0.39 is 21.7 Å². The van der Waals surface area contributed by atoms with Crippen molar-refractivity contribution in [2.24, 2.45) is 0 Å². The Labute approximate surface area is 131 Å². The van der Waals surface area contributed by atoms with Crippen molar-refractivity contribution in [3.05, 3.63) is 46.2 Å². The molecule has 2 aromatic rings. The average molecular weight is 339 g/mol. The summed E-state index contributed by atoms with van der Waals surface area (Å²) in [6.07, 6.45) is 1.07. The minimum Gasteiger partial charge on any atom is -0.465 e. The number of nitrogens with one attached hydrogen (secondary N) is 1. The topological polar surface area (TPSA) is 89.5 Å². The second-order valence-corrected chi connectivity index (χ2v) is 7.34. The van der Waals surface area contributed by atoms with Gasteiger partial charge in [-0.3, -0.25) is 4.79 Å². The fraction of sp³-hybridized carbons (Fsp3) is 0.143. The number of hydrogen-bond donors (Lipinski definition) is 1. The largest absolute Gasteiger partial charge is 0.465 e. The summed E-state index contributed by atoms with van der Waals surface area (Å²) < 4.78 is 27.7. The van der Waals surface area contributed by atoms with Gasteiger partial charge in [-0.25, -0.2) is 13.2 Å². The van der Waals surface area contributed by atoms with Crippen LogP contribution in [0.25, 0.3) is 0 Å². The molecular formula is C14H13NO5S2. The molecule has 0 bridgehead atoms. The number of anilines is 1. The Kier molecular flexibility index (Phi) is 4.62. The van der Waals surface area contributed by atoms with Gasteiger partial charge in [0.2, 0.25) is 0 Å². The fourth-order valence-electron chi connectivity index (χ4n) is 1.72. The van der Waals surface area contributed by atoms with E-state index in [1.807, 2.05) is 0 Å². The Hall–Kier alpha value is -2.19. The van der Waals surface area contributed by atoms with Crippen molar-refractivity contribution in [2.75, 3.05) is 18.7 Å². The number of carbonyl (C=O) groups excluding carboxylic acids is 2. The summed E-state index contributed by atoms with van der Waals surface area (Å²) in [6.45, 7) is 0. The maximum atomic E-state index is 12.2. The van der Waals surface area contributed by atoms with Crippen molar-refractivity contribution in [1.82, 2.24) is 0 Å². The van der Waals surface area contributed by atoms with Crippen molar-refractivity contribution < 1.29 is 22.7 Å². The van der Waals surface area contributed by atoms with Crippen LogP contribution in [-0.4, -0.2) is 33.7 Å². The third-order valence-electron chi connectivity index (χ3n) is 2.81. The van der Waals surface area contributed by atoms with E-state index in [-0.39, 0.29) is 15.3 Å². The zero-order valence-corrected chi connectivity index (χ0v) is 13.5. The lowest BCUT2D eigenvalue weighted by molar-refractivity contribution is 0.0607. The number of methoxy groups -OCH3 is 1. The highest BCUT2D eigenvalue weighted by atomic mass is 32.2. The highest BCUT2D eigenvalue weighted by Gasteiger charge is 2.17. The Morgan fingerprint density at radius 2 is 1.95 bits per heavy atom. The van der Waals surface area contributed by atoms with E-state index in [0.717, 1.165) is 17.6 Å². The number of amides is 1. The number of hydrogen-bond acceptors (Lipinski definition) is 6. The van der Waals surface area contributed by atoms with Crippen LogP contribution in [0.2, 0.25) is 0 Å². The van der Waals surface area contributed by atoms with Crippen molar-refractivity contribution in [2.45, 2.75) is 4.90 Å². The van der Waals surface area contributed by atoms with E-state index in [1.54, 1.807) is 11.4 Å². The lowest BCUT2D eigenvalue weighted by Crippen LogP contribution is -2.14. The van der Waals surface area contributed by atoms with E-state index in [2.05, 4.69) is 10.1 Å². The SMILES string of the molecule is COC(=O)c1sccc1NC(=O)c1cccc(S(C)(=O)=O)c1. The number of benzene rings is 1. The first-order valence-electron chi connectivity index (χ1n) is 6.10. The molecule has 1 aromatic heterocycles. The van der Waals surface area contributed by atoms with Crippen LogP contribution in [0.3, 0.4) is 0 Å². The van der Waals surface area contributed by atoms with Crippen LogP contribution in [0, 0.1) is 0 Å². The van der Waals surface area contributed by atoms with Gasteiger partial charge < -0.3 is 10.1 Å². The Morgan fingerprint density at radius 3 is 2.59 bits per heavy atom. The van der Waals surface area contributed by atoms with Crippen LogP contribution in [0.4, 0.5) is 5.69 Å². The number of esters is 1. The highest BCUT2D eigenvalue weighted by Crippen LogP contribution is 2.24. The first kappa shape index (κ1) is 16.2. The third-order valence-corrected chi connectivity index (χ3v) is 4.81. The summed E-state index contributed by atoms with van der Waals surface area (Å²) in [5, 5.41) is 4.22. The molecule has 1 N–H and O–H groups in total. The molecule has 0 aliphatic rings. The number of thiophene rings is 1. The zero-order valence-electron chi connectivity index (χ0n) is 11.8. The van der Waals surface area contributed by atoms with Gasteiger partial charge in [0, 0.05) is 11.8 Å². The van der Waals surface area contributed by atoms with Crippen molar-refractivity contribution in [1.29, 1.82) is 0 Å². The van der Waals surface area contributed by atoms with Crippen molar-refractivity contribution in [3.8, 4) is 0 Å². The Balaban J connectivity index is 2.27. The summed E-state index contributed by atoms with van der Waals surface area (Å²) >= 11 is 1.14. The lowest BCUT2D eigenvalue weighted by Gasteiger charge is -2.06. The molecule has 0 saturated carbocycles. The van der Waals surface area contributed by atoms with Gasteiger partial charge in [-0.2, -0.15) is 0 Å². The molecule has 0 atom stereocenters. The molecule has 22 heavy (non-hydrogen) atoms. The number of sulfone groups is 1. The number of rotatable bonds is 4. The van der Waals surface area contributed by atoms with Gasteiger partial charge in [-0.05, 0) is 29.6 Å². The zero-order chi connectivity index (χ0) is 16.3. The van der Waals surface area contributed by atoms with Gasteiger partial charge >= 0.3 is 5.97 Å². The third kappa shape index (κ3) is 3.52. The average Bonchev–Trinajstić information content (AvgIpc) is 2.93. The van der Waals surface area contributed by atoms with Crippen molar-refractivity contribution >= 4 is 38.7 Å². The maximum Gasteiger partial charge on any atom is 0.350 e. The molecule has 2 rings (SSSR count). The van der Waals surface area contributed by atoms with Crippen molar-refractivity contribution in [3.63, 3.8) is 0 Å². The molecule has 1 amide bonds. The normalized spacial score (nSPS) is 11.0. The van der Waals surface area contributed by atoms with Crippen LogP contribution < -0.4 is 5.32 Å². The smallest absolute Gasteiger partial charge is 0.350 e. The van der Waals surface area contributed by atoms with E-state index in [1.165, 1.54) is 31.4 Å². The molecule has 0 fully saturated rings. The number of ether oxygens (including phenoxy) is 1. The summed E-state index contributed by atoms with van der Waals surface area (Å²) in [6, 6.07) is 7.26. The summed E-state index contributed by atoms with van der Waals surface area (Å²) in [5.41, 5.74) is 0.511. The minimum absolute atomic E-state index is 0.0543. The molecule has 0 aliphatic heterocycles. The first-order chi connectivity index (χ1) is 10.3. The van der Waals surface area contributed by atoms with Gasteiger partial charge in [0.25, 0.3) is 5.91 Å². The summed E-state index contributed by atoms with van der Waals surface area (Å²) in [5.74, 6) is -1.05. The van der Waals surface area contributed by atoms with Crippen LogP contribution in [0.15, 0.2) is 40.6 Å². The molecule has 6 nitrogen and oxygen atoms in total. The van der Waals surface area contributed by atoms with Crippen LogP contribution >= 0.6 is 11.3 Å². The van der Waals surface area contributed by atoms with Crippen LogP contribution in [0.1, 0.15) is 20.0 Å².